The number of hydrogen-bond acceptors (Lipinski definition) is 3. The van der Waals surface area contributed by atoms with E-state index in [1.807, 2.05) is 12.1 Å². The molecule has 3 heteroatoms. The van der Waals surface area contributed by atoms with Gasteiger partial charge in [-0.05, 0) is 37.0 Å². The second kappa shape index (κ2) is 6.92. The van der Waals surface area contributed by atoms with Gasteiger partial charge in [-0.2, -0.15) is 0 Å². The molecule has 1 aromatic rings. The molecule has 0 radical (unpaired) electrons. The predicted molar refractivity (Wildman–Crippen MR) is 78.4 cm³/mol. The molecular weight excluding hydrogens is 238 g/mol. The minimum absolute atomic E-state index is 0.0878. The van der Waals surface area contributed by atoms with Gasteiger partial charge in [0.05, 0.1) is 13.2 Å². The SMILES string of the molecule is Cc1cc(CO)ccc1N(CCO)C1CCCCC1. The maximum absolute atomic E-state index is 9.34. The lowest BCUT2D eigenvalue weighted by atomic mass is 9.93. The summed E-state index contributed by atoms with van der Waals surface area (Å²) in [5, 5.41) is 18.5. The molecule has 0 heterocycles. The highest BCUT2D eigenvalue weighted by Crippen LogP contribution is 2.29. The molecule has 1 fully saturated rings. The van der Waals surface area contributed by atoms with E-state index in [1.165, 1.54) is 43.4 Å². The number of aliphatic hydroxyl groups excluding tert-OH is 2. The lowest BCUT2D eigenvalue weighted by Gasteiger charge is -2.36. The van der Waals surface area contributed by atoms with Crippen LogP contribution in [0.15, 0.2) is 18.2 Å². The van der Waals surface area contributed by atoms with E-state index >= 15 is 0 Å². The molecule has 1 saturated carbocycles. The van der Waals surface area contributed by atoms with E-state index in [0.29, 0.717) is 12.6 Å². The first kappa shape index (κ1) is 14.4. The molecule has 2 rings (SSSR count). The number of hydrogen-bond donors (Lipinski definition) is 2. The van der Waals surface area contributed by atoms with Crippen LogP contribution in [0, 0.1) is 6.92 Å². The Bertz CT molecular complexity index is 400. The van der Waals surface area contributed by atoms with E-state index in [0.717, 1.165) is 5.56 Å². The quantitative estimate of drug-likeness (QED) is 0.858. The van der Waals surface area contributed by atoms with Crippen molar-refractivity contribution in [1.82, 2.24) is 0 Å². The molecule has 0 atom stereocenters. The molecule has 1 aliphatic rings. The molecule has 0 saturated heterocycles. The van der Waals surface area contributed by atoms with Crippen molar-refractivity contribution in [3.8, 4) is 0 Å². The van der Waals surface area contributed by atoms with Crippen LogP contribution in [0.3, 0.4) is 0 Å². The Morgan fingerprint density at radius 1 is 1.16 bits per heavy atom. The first-order valence-corrected chi connectivity index (χ1v) is 7.34. The fraction of sp³-hybridized carbons (Fsp3) is 0.625. The van der Waals surface area contributed by atoms with Crippen LogP contribution in [-0.2, 0) is 6.61 Å². The highest BCUT2D eigenvalue weighted by Gasteiger charge is 2.22. The van der Waals surface area contributed by atoms with Crippen LogP contribution in [0.1, 0.15) is 43.2 Å². The Morgan fingerprint density at radius 3 is 2.47 bits per heavy atom. The lowest BCUT2D eigenvalue weighted by Crippen LogP contribution is -2.39. The summed E-state index contributed by atoms with van der Waals surface area (Å²) < 4.78 is 0. The van der Waals surface area contributed by atoms with Crippen LogP contribution >= 0.6 is 0 Å². The van der Waals surface area contributed by atoms with Crippen molar-refractivity contribution >= 4 is 5.69 Å². The molecule has 1 aromatic carbocycles. The summed E-state index contributed by atoms with van der Waals surface area (Å²) in [4.78, 5) is 2.36. The third-order valence-electron chi connectivity index (χ3n) is 4.11. The van der Waals surface area contributed by atoms with Crippen molar-refractivity contribution < 1.29 is 10.2 Å². The van der Waals surface area contributed by atoms with Crippen molar-refractivity contribution in [1.29, 1.82) is 0 Å². The second-order valence-electron chi connectivity index (χ2n) is 5.49. The average molecular weight is 263 g/mol. The number of benzene rings is 1. The summed E-state index contributed by atoms with van der Waals surface area (Å²) in [6, 6.07) is 6.67. The molecule has 106 valence electrons. The highest BCUT2D eigenvalue weighted by molar-refractivity contribution is 5.55. The summed E-state index contributed by atoms with van der Waals surface area (Å²) in [7, 11) is 0. The van der Waals surface area contributed by atoms with Crippen LogP contribution < -0.4 is 4.90 Å². The van der Waals surface area contributed by atoms with Gasteiger partial charge in [-0.15, -0.1) is 0 Å². The zero-order valence-corrected chi connectivity index (χ0v) is 11.8. The molecule has 19 heavy (non-hydrogen) atoms. The molecule has 0 aliphatic heterocycles. The first-order valence-electron chi connectivity index (χ1n) is 7.34. The summed E-state index contributed by atoms with van der Waals surface area (Å²) in [6.45, 7) is 3.06. The Hall–Kier alpha value is -1.06. The van der Waals surface area contributed by atoms with Crippen molar-refractivity contribution in [2.75, 3.05) is 18.1 Å². The zero-order valence-electron chi connectivity index (χ0n) is 11.8. The third-order valence-corrected chi connectivity index (χ3v) is 4.11. The summed E-state index contributed by atoms with van der Waals surface area (Å²) in [6.07, 6.45) is 6.37. The average Bonchev–Trinajstić information content (AvgIpc) is 2.46. The topological polar surface area (TPSA) is 43.7 Å². The van der Waals surface area contributed by atoms with E-state index in [2.05, 4.69) is 17.9 Å². The largest absolute Gasteiger partial charge is 0.395 e. The molecular formula is C16H25NO2. The monoisotopic (exact) mass is 263 g/mol. The van der Waals surface area contributed by atoms with Crippen LogP contribution in [0.2, 0.25) is 0 Å². The van der Waals surface area contributed by atoms with Crippen LogP contribution in [0.25, 0.3) is 0 Å². The minimum Gasteiger partial charge on any atom is -0.395 e. The fourth-order valence-corrected chi connectivity index (χ4v) is 3.14. The summed E-state index contributed by atoms with van der Waals surface area (Å²) in [5.74, 6) is 0. The van der Waals surface area contributed by atoms with Crippen LogP contribution in [0.5, 0.6) is 0 Å². The molecule has 0 spiro atoms. The standard InChI is InChI=1S/C16H25NO2/c1-13-11-14(12-19)7-8-16(13)17(9-10-18)15-5-3-2-4-6-15/h7-8,11,15,18-19H,2-6,9-10,12H2,1H3. The Labute approximate surface area is 115 Å². The number of aliphatic hydroxyl groups is 2. The van der Waals surface area contributed by atoms with Gasteiger partial charge in [-0.25, -0.2) is 0 Å². The van der Waals surface area contributed by atoms with Crippen molar-refractivity contribution in [2.24, 2.45) is 0 Å². The molecule has 2 N–H and O–H groups in total. The Balaban J connectivity index is 2.22. The van der Waals surface area contributed by atoms with Gasteiger partial charge in [-0.1, -0.05) is 31.4 Å². The molecule has 0 amide bonds. The van der Waals surface area contributed by atoms with Crippen molar-refractivity contribution in [2.45, 2.75) is 51.7 Å². The Morgan fingerprint density at radius 2 is 1.89 bits per heavy atom. The maximum atomic E-state index is 9.34. The van der Waals surface area contributed by atoms with E-state index in [4.69, 9.17) is 0 Å². The third kappa shape index (κ3) is 3.48. The van der Waals surface area contributed by atoms with Crippen molar-refractivity contribution in [3.05, 3.63) is 29.3 Å². The second-order valence-corrected chi connectivity index (χ2v) is 5.49. The predicted octanol–water partition coefficient (Wildman–Crippen LogP) is 2.62. The van der Waals surface area contributed by atoms with E-state index in [-0.39, 0.29) is 13.2 Å². The van der Waals surface area contributed by atoms with Gasteiger partial charge < -0.3 is 15.1 Å². The molecule has 3 nitrogen and oxygen atoms in total. The normalized spacial score (nSPS) is 16.6. The minimum atomic E-state index is 0.0878. The van der Waals surface area contributed by atoms with Gasteiger partial charge in [0.2, 0.25) is 0 Å². The number of nitrogens with zero attached hydrogens (tertiary/aromatic N) is 1. The number of anilines is 1. The number of rotatable bonds is 5. The molecule has 1 aliphatic carbocycles. The lowest BCUT2D eigenvalue weighted by molar-refractivity contribution is 0.281. The molecule has 0 unspecified atom stereocenters. The van der Waals surface area contributed by atoms with E-state index in [9.17, 15) is 10.2 Å². The van der Waals surface area contributed by atoms with Gasteiger partial charge >= 0.3 is 0 Å². The van der Waals surface area contributed by atoms with E-state index in [1.54, 1.807) is 0 Å². The van der Waals surface area contributed by atoms with Gasteiger partial charge in [-0.3, -0.25) is 0 Å². The summed E-state index contributed by atoms with van der Waals surface area (Å²) in [5.41, 5.74) is 3.34. The van der Waals surface area contributed by atoms with Gasteiger partial charge in [0, 0.05) is 18.3 Å². The van der Waals surface area contributed by atoms with Gasteiger partial charge in [0.25, 0.3) is 0 Å². The van der Waals surface area contributed by atoms with Gasteiger partial charge in [0.15, 0.2) is 0 Å². The van der Waals surface area contributed by atoms with Crippen LogP contribution in [0.4, 0.5) is 5.69 Å². The molecule has 0 bridgehead atoms. The first-order chi connectivity index (χ1) is 9.26. The van der Waals surface area contributed by atoms with E-state index < -0.39 is 0 Å². The Kier molecular flexibility index (Phi) is 5.23. The van der Waals surface area contributed by atoms with Crippen molar-refractivity contribution in [3.63, 3.8) is 0 Å². The maximum Gasteiger partial charge on any atom is 0.0681 e. The highest BCUT2D eigenvalue weighted by atomic mass is 16.3. The smallest absolute Gasteiger partial charge is 0.0681 e. The van der Waals surface area contributed by atoms with Gasteiger partial charge in [0.1, 0.15) is 0 Å². The number of aryl methyl sites for hydroxylation is 1. The van der Waals surface area contributed by atoms with Crippen LogP contribution in [-0.4, -0.2) is 29.4 Å². The molecule has 0 aromatic heterocycles. The fourth-order valence-electron chi connectivity index (χ4n) is 3.14. The summed E-state index contributed by atoms with van der Waals surface area (Å²) >= 11 is 0. The zero-order chi connectivity index (χ0) is 13.7.